The summed E-state index contributed by atoms with van der Waals surface area (Å²) in [6.07, 6.45) is 1.82. The maximum Gasteiger partial charge on any atom is 0.218 e. The van der Waals surface area contributed by atoms with Gasteiger partial charge in [0, 0.05) is 23.6 Å². The number of Topliss-reactive ketones (excluding diaryl/α,β-unsaturated/α-hetero) is 1. The number of thiocarbonyl (C=S) groups is 1. The Morgan fingerprint density at radius 2 is 1.62 bits per heavy atom. The summed E-state index contributed by atoms with van der Waals surface area (Å²) < 4.78 is 0. The molecular weight excluding hydrogens is 420 g/mol. The van der Waals surface area contributed by atoms with E-state index in [9.17, 15) is 9.90 Å². The quantitative estimate of drug-likeness (QED) is 0.204. The van der Waals surface area contributed by atoms with Gasteiger partial charge in [0.25, 0.3) is 0 Å². The van der Waals surface area contributed by atoms with Crippen LogP contribution >= 0.6 is 12.2 Å². The molecule has 0 amide bonds. The molecular formula is C25H20N4O2S. The molecule has 4 rings (SSSR count). The number of hydrogen-bond donors (Lipinski definition) is 3. The third kappa shape index (κ3) is 4.96. The van der Waals surface area contributed by atoms with Gasteiger partial charge in [-0.15, -0.1) is 10.2 Å². The summed E-state index contributed by atoms with van der Waals surface area (Å²) in [5, 5.41) is 21.8. The Hall–Kier alpha value is -4.10. The minimum atomic E-state index is -0.0868. The second kappa shape index (κ2) is 9.80. The molecule has 0 spiro atoms. The van der Waals surface area contributed by atoms with Gasteiger partial charge in [-0.25, -0.2) is 0 Å². The number of benzene rings is 3. The molecule has 158 valence electrons. The first-order chi connectivity index (χ1) is 15.6. The molecule has 0 fully saturated rings. The molecule has 0 atom stereocenters. The summed E-state index contributed by atoms with van der Waals surface area (Å²) in [7, 11) is 0. The lowest BCUT2D eigenvalue weighted by Crippen LogP contribution is -2.15. The Balaban J connectivity index is 1.54. The normalized spacial score (nSPS) is 11.7. The van der Waals surface area contributed by atoms with Crippen molar-refractivity contribution in [1.29, 1.82) is 0 Å². The van der Waals surface area contributed by atoms with Gasteiger partial charge < -0.3 is 15.4 Å². The maximum atomic E-state index is 13.0. The molecule has 0 saturated carbocycles. The number of H-pyrrole nitrogens is 1. The van der Waals surface area contributed by atoms with Crippen molar-refractivity contribution in [2.75, 3.05) is 0 Å². The Bertz CT molecular complexity index is 1310. The summed E-state index contributed by atoms with van der Waals surface area (Å²) in [5.74, 6) is -0.139. The van der Waals surface area contributed by atoms with Crippen molar-refractivity contribution in [2.45, 2.75) is 6.42 Å². The fourth-order valence-corrected chi connectivity index (χ4v) is 3.39. The number of aromatic amines is 1. The number of allylic oxidation sites excluding steroid dienone is 1. The van der Waals surface area contributed by atoms with Crippen LogP contribution in [0.4, 0.5) is 5.69 Å². The predicted molar refractivity (Wildman–Crippen MR) is 130 cm³/mol. The summed E-state index contributed by atoms with van der Waals surface area (Å²) in [4.78, 5) is 15.9. The minimum absolute atomic E-state index is 0.0519. The first kappa shape index (κ1) is 21.1. The second-order valence-electron chi connectivity index (χ2n) is 7.03. The van der Waals surface area contributed by atoms with Crippen molar-refractivity contribution in [3.05, 3.63) is 102 Å². The molecule has 6 nitrogen and oxygen atoms in total. The van der Waals surface area contributed by atoms with Gasteiger partial charge in [-0.3, -0.25) is 4.79 Å². The molecule has 1 aromatic heterocycles. The monoisotopic (exact) mass is 440 g/mol. The van der Waals surface area contributed by atoms with Crippen molar-refractivity contribution in [3.63, 3.8) is 0 Å². The molecule has 32 heavy (non-hydrogen) atoms. The van der Waals surface area contributed by atoms with Crippen molar-refractivity contribution in [3.8, 4) is 5.88 Å². The third-order valence-corrected chi connectivity index (χ3v) is 5.03. The largest absolute Gasteiger partial charge is 0.493 e. The predicted octanol–water partition coefficient (Wildman–Crippen LogP) is 5.68. The van der Waals surface area contributed by atoms with Crippen LogP contribution in [0.5, 0.6) is 5.88 Å². The van der Waals surface area contributed by atoms with Crippen LogP contribution in [0.2, 0.25) is 0 Å². The van der Waals surface area contributed by atoms with Crippen LogP contribution in [0, 0.1) is 0 Å². The topological polar surface area (TPSA) is 89.8 Å². The molecule has 3 N–H and O–H groups in total. The van der Waals surface area contributed by atoms with Crippen LogP contribution in [0.3, 0.4) is 0 Å². The Labute approximate surface area is 190 Å². The molecule has 7 heteroatoms. The van der Waals surface area contributed by atoms with E-state index in [0.29, 0.717) is 11.3 Å². The van der Waals surface area contributed by atoms with E-state index in [4.69, 9.17) is 12.2 Å². The number of azo groups is 1. The van der Waals surface area contributed by atoms with Gasteiger partial charge in [-0.1, -0.05) is 78.9 Å². The third-order valence-electron chi connectivity index (χ3n) is 4.83. The number of aromatic hydroxyl groups is 1. The molecule has 0 aliphatic carbocycles. The van der Waals surface area contributed by atoms with Crippen LogP contribution in [0.25, 0.3) is 16.5 Å². The number of para-hydroxylation sites is 1. The van der Waals surface area contributed by atoms with Crippen LogP contribution in [0.1, 0.15) is 11.1 Å². The molecule has 1 heterocycles. The van der Waals surface area contributed by atoms with Gasteiger partial charge >= 0.3 is 0 Å². The van der Waals surface area contributed by atoms with E-state index >= 15 is 0 Å². The molecule has 0 aliphatic rings. The van der Waals surface area contributed by atoms with E-state index < -0.39 is 0 Å². The van der Waals surface area contributed by atoms with Crippen LogP contribution in [-0.4, -0.2) is 21.0 Å². The average Bonchev–Trinajstić information content (AvgIpc) is 3.14. The summed E-state index contributed by atoms with van der Waals surface area (Å²) in [6.45, 7) is 0. The van der Waals surface area contributed by atoms with Crippen molar-refractivity contribution in [2.24, 2.45) is 10.2 Å². The fourth-order valence-electron chi connectivity index (χ4n) is 3.29. The highest BCUT2D eigenvalue weighted by Crippen LogP contribution is 2.35. The second-order valence-corrected chi connectivity index (χ2v) is 7.41. The van der Waals surface area contributed by atoms with E-state index in [0.717, 1.165) is 22.0 Å². The highest BCUT2D eigenvalue weighted by molar-refractivity contribution is 7.80. The zero-order valence-electron chi connectivity index (χ0n) is 17.0. The van der Waals surface area contributed by atoms with E-state index in [-0.39, 0.29) is 23.2 Å². The zero-order chi connectivity index (χ0) is 22.3. The Morgan fingerprint density at radius 3 is 2.38 bits per heavy atom. The number of nitrogens with one attached hydrogen (secondary N) is 2. The van der Waals surface area contributed by atoms with Crippen molar-refractivity contribution < 1.29 is 9.90 Å². The van der Waals surface area contributed by atoms with Crippen molar-refractivity contribution >= 4 is 45.3 Å². The Kier molecular flexibility index (Phi) is 6.48. The molecule has 0 bridgehead atoms. The molecule has 3 aromatic carbocycles. The first-order valence-corrected chi connectivity index (χ1v) is 10.4. The summed E-state index contributed by atoms with van der Waals surface area (Å²) in [5.41, 5.74) is 3.24. The van der Waals surface area contributed by atoms with E-state index in [1.807, 2.05) is 84.9 Å². The van der Waals surface area contributed by atoms with Gasteiger partial charge in [-0.2, -0.15) is 0 Å². The fraction of sp³-hybridized carbons (Fsp3) is 0.0400. The molecule has 4 aromatic rings. The summed E-state index contributed by atoms with van der Waals surface area (Å²) in [6, 6.07) is 26.3. The van der Waals surface area contributed by atoms with Gasteiger partial charge in [0.2, 0.25) is 11.0 Å². The van der Waals surface area contributed by atoms with Gasteiger partial charge in [0.1, 0.15) is 0 Å². The lowest BCUT2D eigenvalue weighted by atomic mass is 9.98. The lowest BCUT2D eigenvalue weighted by molar-refractivity contribution is -0.113. The van der Waals surface area contributed by atoms with Gasteiger partial charge in [-0.05, 0) is 29.4 Å². The minimum Gasteiger partial charge on any atom is -0.493 e. The average molecular weight is 441 g/mol. The molecule has 0 saturated heterocycles. The zero-order valence-corrected chi connectivity index (χ0v) is 17.8. The lowest BCUT2D eigenvalue weighted by Gasteiger charge is -2.08. The molecule has 0 unspecified atom stereocenters. The number of carbonyl (C=O) groups is 1. The number of hydrogen-bond acceptors (Lipinski definition) is 4. The Morgan fingerprint density at radius 1 is 0.969 bits per heavy atom. The number of ketones is 1. The standard InChI is InChI=1S/C25H20N4O2S/c30-22(15-17-9-3-1-4-10-17)20(18-11-5-2-6-12-18)16-26-25(32)29-28-23-19-13-7-8-14-21(19)27-24(23)31/h1-14,16,27,31H,15H2,(H,26,32)/b20-16-,29-28?. The van der Waals surface area contributed by atoms with Crippen molar-refractivity contribution in [1.82, 2.24) is 10.3 Å². The highest BCUT2D eigenvalue weighted by atomic mass is 32.1. The molecule has 0 radical (unpaired) electrons. The van der Waals surface area contributed by atoms with E-state index in [2.05, 4.69) is 20.5 Å². The van der Waals surface area contributed by atoms with Crippen LogP contribution in [-0.2, 0) is 11.2 Å². The van der Waals surface area contributed by atoms with Gasteiger partial charge in [0.05, 0.1) is 5.52 Å². The maximum absolute atomic E-state index is 13.0. The highest BCUT2D eigenvalue weighted by Gasteiger charge is 2.13. The number of nitrogens with zero attached hydrogens (tertiary/aromatic N) is 2. The number of aromatic nitrogens is 1. The van der Waals surface area contributed by atoms with Crippen LogP contribution in [0.15, 0.2) is 101 Å². The summed E-state index contributed by atoms with van der Waals surface area (Å²) >= 11 is 5.26. The number of rotatable bonds is 6. The molecule has 0 aliphatic heterocycles. The van der Waals surface area contributed by atoms with E-state index in [1.165, 1.54) is 0 Å². The van der Waals surface area contributed by atoms with Crippen LogP contribution < -0.4 is 5.32 Å². The number of carbonyl (C=O) groups excluding carboxylic acids is 1. The van der Waals surface area contributed by atoms with Gasteiger partial charge in [0.15, 0.2) is 11.5 Å². The SMILES string of the molecule is O=C(Cc1ccccc1)/C(=C\NC(=S)N=Nc1c(O)[nH]c2ccccc12)c1ccccc1. The van der Waals surface area contributed by atoms with E-state index in [1.54, 1.807) is 6.20 Å². The first-order valence-electron chi connectivity index (χ1n) is 9.96. The smallest absolute Gasteiger partial charge is 0.218 e. The number of fused-ring (bicyclic) bond motifs is 1.